The minimum absolute atomic E-state index is 0.208. The Morgan fingerprint density at radius 2 is 2.00 bits per heavy atom. The van der Waals surface area contributed by atoms with Crippen LogP contribution in [0.25, 0.3) is 0 Å². The lowest BCUT2D eigenvalue weighted by molar-refractivity contribution is 0.627. The van der Waals surface area contributed by atoms with Crippen molar-refractivity contribution in [2.45, 2.75) is 18.9 Å². The molecule has 1 aromatic carbocycles. The lowest BCUT2D eigenvalue weighted by atomic mass is 10.2. The van der Waals surface area contributed by atoms with Gasteiger partial charge >= 0.3 is 0 Å². The van der Waals surface area contributed by atoms with E-state index in [4.69, 9.17) is 0 Å². The summed E-state index contributed by atoms with van der Waals surface area (Å²) < 4.78 is 12.8. The first-order valence-corrected chi connectivity index (χ1v) is 5.79. The molecule has 2 nitrogen and oxygen atoms in total. The monoisotopic (exact) mass is 228 g/mol. The minimum atomic E-state index is -0.208. The van der Waals surface area contributed by atoms with Gasteiger partial charge in [0.1, 0.15) is 5.82 Å². The molecule has 0 amide bonds. The third kappa shape index (κ3) is 2.00. The third-order valence-corrected chi connectivity index (χ3v) is 3.14. The fraction of sp³-hybridized carbons (Fsp3) is 0.214. The summed E-state index contributed by atoms with van der Waals surface area (Å²) in [7, 11) is 0. The van der Waals surface area contributed by atoms with Crippen molar-refractivity contribution in [2.75, 3.05) is 5.32 Å². The molecule has 3 rings (SSSR count). The Hall–Kier alpha value is -1.90. The molecule has 86 valence electrons. The fourth-order valence-electron chi connectivity index (χ4n) is 2.30. The standard InChI is InChI=1S/C14H13FN2/c15-11-4-6-12(7-5-11)17-13-8-3-10-2-1-9-16-14(10)13/h1-2,4-7,9,13,17H,3,8H2. The second-order valence-electron chi connectivity index (χ2n) is 4.29. The van der Waals surface area contributed by atoms with Gasteiger partial charge in [-0.25, -0.2) is 4.39 Å². The van der Waals surface area contributed by atoms with Crippen molar-refractivity contribution in [3.63, 3.8) is 0 Å². The highest BCUT2D eigenvalue weighted by Crippen LogP contribution is 2.31. The van der Waals surface area contributed by atoms with Crippen molar-refractivity contribution < 1.29 is 4.39 Å². The number of aryl methyl sites for hydroxylation is 1. The summed E-state index contributed by atoms with van der Waals surface area (Å²) in [6, 6.07) is 10.8. The van der Waals surface area contributed by atoms with E-state index >= 15 is 0 Å². The number of aromatic nitrogens is 1. The van der Waals surface area contributed by atoms with E-state index < -0.39 is 0 Å². The summed E-state index contributed by atoms with van der Waals surface area (Å²) in [5.41, 5.74) is 3.37. The first-order chi connectivity index (χ1) is 8.33. The molecule has 1 atom stereocenters. The van der Waals surface area contributed by atoms with Crippen LogP contribution in [-0.2, 0) is 6.42 Å². The summed E-state index contributed by atoms with van der Waals surface area (Å²) in [6.07, 6.45) is 3.93. The maximum absolute atomic E-state index is 12.8. The highest BCUT2D eigenvalue weighted by atomic mass is 19.1. The number of nitrogens with zero attached hydrogens (tertiary/aromatic N) is 1. The number of pyridine rings is 1. The smallest absolute Gasteiger partial charge is 0.123 e. The zero-order chi connectivity index (χ0) is 11.7. The molecular weight excluding hydrogens is 215 g/mol. The molecule has 1 aromatic heterocycles. The highest BCUT2D eigenvalue weighted by Gasteiger charge is 2.22. The van der Waals surface area contributed by atoms with Gasteiger partial charge in [0, 0.05) is 11.9 Å². The SMILES string of the molecule is Fc1ccc(NC2CCc3cccnc32)cc1. The zero-order valence-corrected chi connectivity index (χ0v) is 9.36. The molecule has 17 heavy (non-hydrogen) atoms. The number of rotatable bonds is 2. The third-order valence-electron chi connectivity index (χ3n) is 3.14. The second kappa shape index (κ2) is 4.17. The summed E-state index contributed by atoms with van der Waals surface area (Å²) in [5, 5.41) is 3.40. The number of benzene rings is 1. The van der Waals surface area contributed by atoms with E-state index in [-0.39, 0.29) is 11.9 Å². The quantitative estimate of drug-likeness (QED) is 0.852. The normalized spacial score (nSPS) is 17.8. The summed E-state index contributed by atoms with van der Waals surface area (Å²) in [5.74, 6) is -0.208. The second-order valence-corrected chi connectivity index (χ2v) is 4.29. The largest absolute Gasteiger partial charge is 0.377 e. The Bertz CT molecular complexity index is 522. The van der Waals surface area contributed by atoms with E-state index in [0.29, 0.717) is 0 Å². The fourth-order valence-corrected chi connectivity index (χ4v) is 2.30. The maximum atomic E-state index is 12.8. The van der Waals surface area contributed by atoms with Crippen LogP contribution in [0.1, 0.15) is 23.7 Å². The molecule has 0 saturated carbocycles. The topological polar surface area (TPSA) is 24.9 Å². The molecule has 0 fully saturated rings. The molecule has 0 saturated heterocycles. The van der Waals surface area contributed by atoms with Gasteiger partial charge in [-0.05, 0) is 48.7 Å². The van der Waals surface area contributed by atoms with Crippen molar-refractivity contribution in [2.24, 2.45) is 0 Å². The molecule has 2 aromatic rings. The molecule has 0 spiro atoms. The van der Waals surface area contributed by atoms with Crippen LogP contribution in [0.15, 0.2) is 42.6 Å². The number of anilines is 1. The molecule has 1 aliphatic rings. The van der Waals surface area contributed by atoms with Crippen LogP contribution in [0.4, 0.5) is 10.1 Å². The number of fused-ring (bicyclic) bond motifs is 1. The van der Waals surface area contributed by atoms with Gasteiger partial charge in [-0.1, -0.05) is 6.07 Å². The average molecular weight is 228 g/mol. The van der Waals surface area contributed by atoms with Crippen LogP contribution < -0.4 is 5.32 Å². The Kier molecular flexibility index (Phi) is 2.52. The van der Waals surface area contributed by atoms with Crippen molar-refractivity contribution in [1.29, 1.82) is 0 Å². The first-order valence-electron chi connectivity index (χ1n) is 5.79. The molecule has 0 aliphatic heterocycles. The van der Waals surface area contributed by atoms with E-state index in [9.17, 15) is 4.39 Å². The van der Waals surface area contributed by atoms with E-state index in [1.54, 1.807) is 12.1 Å². The van der Waals surface area contributed by atoms with E-state index in [2.05, 4.69) is 16.4 Å². The van der Waals surface area contributed by atoms with Crippen molar-refractivity contribution >= 4 is 5.69 Å². The summed E-state index contributed by atoms with van der Waals surface area (Å²) >= 11 is 0. The van der Waals surface area contributed by atoms with Gasteiger partial charge in [0.05, 0.1) is 11.7 Å². The molecular formula is C14H13FN2. The number of nitrogens with one attached hydrogen (secondary N) is 1. The Balaban J connectivity index is 1.81. The molecule has 0 radical (unpaired) electrons. The Morgan fingerprint density at radius 1 is 1.18 bits per heavy atom. The van der Waals surface area contributed by atoms with Crippen molar-refractivity contribution in [3.05, 3.63) is 59.7 Å². The number of hydrogen-bond acceptors (Lipinski definition) is 2. The molecule has 0 bridgehead atoms. The predicted molar refractivity (Wildman–Crippen MR) is 65.3 cm³/mol. The first kappa shape index (κ1) is 10.3. The van der Waals surface area contributed by atoms with Crippen molar-refractivity contribution in [3.8, 4) is 0 Å². The molecule has 3 heteroatoms. The van der Waals surface area contributed by atoms with Crippen LogP contribution in [0.5, 0.6) is 0 Å². The van der Waals surface area contributed by atoms with Crippen LogP contribution in [0, 0.1) is 5.82 Å². The lowest BCUT2D eigenvalue weighted by Crippen LogP contribution is -2.08. The van der Waals surface area contributed by atoms with Crippen LogP contribution in [0.3, 0.4) is 0 Å². The maximum Gasteiger partial charge on any atom is 0.123 e. The predicted octanol–water partition coefficient (Wildman–Crippen LogP) is 3.32. The molecule has 1 heterocycles. The van der Waals surface area contributed by atoms with Gasteiger partial charge in [-0.3, -0.25) is 4.98 Å². The molecule has 1 aliphatic carbocycles. The highest BCUT2D eigenvalue weighted by molar-refractivity contribution is 5.46. The number of halogens is 1. The summed E-state index contributed by atoms with van der Waals surface area (Å²) in [6.45, 7) is 0. The Labute approximate surface area is 99.5 Å². The van der Waals surface area contributed by atoms with Gasteiger partial charge in [0.25, 0.3) is 0 Å². The van der Waals surface area contributed by atoms with Gasteiger partial charge in [0.2, 0.25) is 0 Å². The lowest BCUT2D eigenvalue weighted by Gasteiger charge is -2.14. The van der Waals surface area contributed by atoms with Crippen LogP contribution in [0.2, 0.25) is 0 Å². The van der Waals surface area contributed by atoms with Crippen LogP contribution >= 0.6 is 0 Å². The van der Waals surface area contributed by atoms with Gasteiger partial charge < -0.3 is 5.32 Å². The van der Waals surface area contributed by atoms with Crippen molar-refractivity contribution in [1.82, 2.24) is 4.98 Å². The average Bonchev–Trinajstić information content (AvgIpc) is 2.76. The molecule has 1 N–H and O–H groups in total. The summed E-state index contributed by atoms with van der Waals surface area (Å²) in [4.78, 5) is 4.42. The Morgan fingerprint density at radius 3 is 2.82 bits per heavy atom. The van der Waals surface area contributed by atoms with Gasteiger partial charge in [-0.2, -0.15) is 0 Å². The van der Waals surface area contributed by atoms with E-state index in [1.165, 1.54) is 17.7 Å². The molecule has 1 unspecified atom stereocenters. The van der Waals surface area contributed by atoms with E-state index in [0.717, 1.165) is 24.2 Å². The van der Waals surface area contributed by atoms with Gasteiger partial charge in [-0.15, -0.1) is 0 Å². The van der Waals surface area contributed by atoms with Crippen LogP contribution in [-0.4, -0.2) is 4.98 Å². The zero-order valence-electron chi connectivity index (χ0n) is 9.36. The van der Waals surface area contributed by atoms with Gasteiger partial charge in [0.15, 0.2) is 0 Å². The number of hydrogen-bond donors (Lipinski definition) is 1. The van der Waals surface area contributed by atoms with E-state index in [1.807, 2.05) is 12.3 Å². The minimum Gasteiger partial charge on any atom is -0.377 e.